The first-order valence-electron chi connectivity index (χ1n) is 8.40. The average molecular weight is 360 g/mol. The van der Waals surface area contributed by atoms with Gasteiger partial charge in [0.05, 0.1) is 13.7 Å². The van der Waals surface area contributed by atoms with Gasteiger partial charge < -0.3 is 23.7 Å². The summed E-state index contributed by atoms with van der Waals surface area (Å²) < 4.78 is 21.9. The summed E-state index contributed by atoms with van der Waals surface area (Å²) in [5, 5.41) is 10.3. The summed E-state index contributed by atoms with van der Waals surface area (Å²) in [6.45, 7) is 4.51. The first-order valence-corrected chi connectivity index (χ1v) is 8.40. The third-order valence-electron chi connectivity index (χ3n) is 3.78. The van der Waals surface area contributed by atoms with Crippen LogP contribution in [0.2, 0.25) is 0 Å². The van der Waals surface area contributed by atoms with E-state index in [9.17, 15) is 9.90 Å². The molecular formula is C20H24O6. The predicted molar refractivity (Wildman–Crippen MR) is 101 cm³/mol. The van der Waals surface area contributed by atoms with Crippen molar-refractivity contribution in [3.8, 4) is 17.2 Å². The SMILES string of the molecule is C/C=C(\C=C/CC)c1cc(=O)c2c(O)cc(OCCOC)c(OC)c2o1. The van der Waals surface area contributed by atoms with E-state index in [-0.39, 0.29) is 40.3 Å². The molecule has 0 radical (unpaired) electrons. The molecule has 0 unspecified atom stereocenters. The highest BCUT2D eigenvalue weighted by Crippen LogP contribution is 2.40. The summed E-state index contributed by atoms with van der Waals surface area (Å²) in [5.41, 5.74) is 0.550. The minimum absolute atomic E-state index is 0.0552. The number of benzene rings is 1. The Hall–Kier alpha value is -2.73. The standard InChI is InChI=1S/C20H24O6/c1-5-7-8-13(6-2)16-11-14(21)18-15(22)12-17(25-10-9-23-3)19(24-4)20(18)26-16/h6-8,11-12,22H,5,9-10H2,1-4H3/b8-7-,13-6+. The largest absolute Gasteiger partial charge is 0.507 e. The summed E-state index contributed by atoms with van der Waals surface area (Å²) in [5.74, 6) is 0.699. The molecular weight excluding hydrogens is 336 g/mol. The lowest BCUT2D eigenvalue weighted by molar-refractivity contribution is 0.144. The van der Waals surface area contributed by atoms with E-state index in [0.29, 0.717) is 12.4 Å². The van der Waals surface area contributed by atoms with Gasteiger partial charge in [-0.1, -0.05) is 25.2 Å². The van der Waals surface area contributed by atoms with Crippen LogP contribution >= 0.6 is 0 Å². The van der Waals surface area contributed by atoms with Crippen molar-refractivity contribution in [3.63, 3.8) is 0 Å². The Kier molecular flexibility index (Phi) is 6.86. The maximum Gasteiger partial charge on any atom is 0.205 e. The van der Waals surface area contributed by atoms with E-state index in [4.69, 9.17) is 18.6 Å². The van der Waals surface area contributed by atoms with Crippen LogP contribution in [0.15, 0.2) is 39.6 Å². The summed E-state index contributed by atoms with van der Waals surface area (Å²) in [6.07, 6.45) is 6.56. The van der Waals surface area contributed by atoms with Crippen LogP contribution in [0.3, 0.4) is 0 Å². The molecule has 1 aromatic carbocycles. The molecule has 1 heterocycles. The van der Waals surface area contributed by atoms with E-state index in [0.717, 1.165) is 12.0 Å². The Morgan fingerprint density at radius 2 is 2.04 bits per heavy atom. The minimum atomic E-state index is -0.357. The van der Waals surface area contributed by atoms with Gasteiger partial charge in [0.2, 0.25) is 5.75 Å². The molecule has 0 aliphatic heterocycles. The molecule has 0 saturated heterocycles. The Morgan fingerprint density at radius 1 is 1.27 bits per heavy atom. The zero-order valence-electron chi connectivity index (χ0n) is 15.5. The van der Waals surface area contributed by atoms with Crippen molar-refractivity contribution in [1.82, 2.24) is 0 Å². The molecule has 0 saturated carbocycles. The number of aromatic hydroxyl groups is 1. The van der Waals surface area contributed by atoms with Crippen LogP contribution in [0.1, 0.15) is 26.0 Å². The fourth-order valence-corrected chi connectivity index (χ4v) is 2.51. The highest BCUT2D eigenvalue weighted by atomic mass is 16.5. The van der Waals surface area contributed by atoms with Gasteiger partial charge in [0.15, 0.2) is 16.8 Å². The van der Waals surface area contributed by atoms with Crippen LogP contribution in [-0.2, 0) is 4.74 Å². The second kappa shape index (κ2) is 9.10. The Morgan fingerprint density at radius 3 is 2.65 bits per heavy atom. The summed E-state index contributed by atoms with van der Waals surface area (Å²) in [6, 6.07) is 2.71. The Bertz CT molecular complexity index is 876. The Balaban J connectivity index is 2.68. The van der Waals surface area contributed by atoms with Gasteiger partial charge in [-0.3, -0.25) is 4.79 Å². The third-order valence-corrected chi connectivity index (χ3v) is 3.78. The van der Waals surface area contributed by atoms with Gasteiger partial charge in [-0.15, -0.1) is 0 Å². The number of ether oxygens (including phenoxy) is 3. The molecule has 2 rings (SSSR count). The molecule has 140 valence electrons. The van der Waals surface area contributed by atoms with Crippen LogP contribution in [0.25, 0.3) is 16.5 Å². The number of methoxy groups -OCH3 is 2. The van der Waals surface area contributed by atoms with Gasteiger partial charge in [0, 0.05) is 24.8 Å². The molecule has 2 aromatic rings. The average Bonchev–Trinajstić information content (AvgIpc) is 2.62. The van der Waals surface area contributed by atoms with Crippen LogP contribution < -0.4 is 14.9 Å². The van der Waals surface area contributed by atoms with Gasteiger partial charge >= 0.3 is 0 Å². The van der Waals surface area contributed by atoms with E-state index < -0.39 is 0 Å². The van der Waals surface area contributed by atoms with E-state index in [1.165, 1.54) is 19.2 Å². The predicted octanol–water partition coefficient (Wildman–Crippen LogP) is 3.90. The van der Waals surface area contributed by atoms with Crippen molar-refractivity contribution in [2.75, 3.05) is 27.4 Å². The first kappa shape index (κ1) is 19.6. The lowest BCUT2D eigenvalue weighted by Gasteiger charge is -2.14. The lowest BCUT2D eigenvalue weighted by Crippen LogP contribution is -2.07. The van der Waals surface area contributed by atoms with Crippen molar-refractivity contribution in [2.45, 2.75) is 20.3 Å². The highest BCUT2D eigenvalue weighted by molar-refractivity contribution is 5.91. The smallest absolute Gasteiger partial charge is 0.205 e. The maximum absolute atomic E-state index is 12.6. The number of rotatable bonds is 8. The van der Waals surface area contributed by atoms with Crippen LogP contribution in [-0.4, -0.2) is 32.5 Å². The van der Waals surface area contributed by atoms with Gasteiger partial charge in [-0.05, 0) is 13.3 Å². The van der Waals surface area contributed by atoms with Crippen LogP contribution in [0.4, 0.5) is 0 Å². The fourth-order valence-electron chi connectivity index (χ4n) is 2.51. The van der Waals surface area contributed by atoms with E-state index >= 15 is 0 Å². The molecule has 26 heavy (non-hydrogen) atoms. The highest BCUT2D eigenvalue weighted by Gasteiger charge is 2.20. The molecule has 6 nitrogen and oxygen atoms in total. The summed E-state index contributed by atoms with van der Waals surface area (Å²) in [7, 11) is 3.02. The third kappa shape index (κ3) is 4.08. The van der Waals surface area contributed by atoms with Gasteiger partial charge in [-0.25, -0.2) is 0 Å². The van der Waals surface area contributed by atoms with E-state index in [1.54, 1.807) is 7.11 Å². The van der Waals surface area contributed by atoms with Gasteiger partial charge in [0.25, 0.3) is 0 Å². The quantitative estimate of drug-likeness (QED) is 0.568. The number of phenols is 1. The lowest BCUT2D eigenvalue weighted by atomic mass is 10.1. The van der Waals surface area contributed by atoms with Crippen LogP contribution in [0.5, 0.6) is 17.2 Å². The van der Waals surface area contributed by atoms with Crippen molar-refractivity contribution in [3.05, 3.63) is 46.3 Å². The number of phenolic OH excluding ortho intramolecular Hbond substituents is 1. The molecule has 0 fully saturated rings. The second-order valence-electron chi connectivity index (χ2n) is 5.50. The number of allylic oxidation sites excluding steroid dienone is 4. The van der Waals surface area contributed by atoms with Gasteiger partial charge in [-0.2, -0.15) is 0 Å². The number of hydrogen-bond acceptors (Lipinski definition) is 6. The molecule has 1 N–H and O–H groups in total. The summed E-state index contributed by atoms with van der Waals surface area (Å²) >= 11 is 0. The van der Waals surface area contributed by atoms with Crippen LogP contribution in [0, 0.1) is 0 Å². The van der Waals surface area contributed by atoms with E-state index in [1.807, 2.05) is 32.1 Å². The minimum Gasteiger partial charge on any atom is -0.507 e. The van der Waals surface area contributed by atoms with Crippen molar-refractivity contribution >= 4 is 16.5 Å². The molecule has 0 aliphatic carbocycles. The topological polar surface area (TPSA) is 78.1 Å². The van der Waals surface area contributed by atoms with Gasteiger partial charge in [0.1, 0.15) is 23.5 Å². The molecule has 0 spiro atoms. The number of fused-ring (bicyclic) bond motifs is 1. The Labute approximate surface area is 152 Å². The first-order chi connectivity index (χ1) is 12.6. The molecule has 6 heteroatoms. The zero-order valence-corrected chi connectivity index (χ0v) is 15.5. The monoisotopic (exact) mass is 360 g/mol. The second-order valence-corrected chi connectivity index (χ2v) is 5.50. The van der Waals surface area contributed by atoms with Crippen molar-refractivity contribution in [1.29, 1.82) is 0 Å². The zero-order chi connectivity index (χ0) is 19.1. The van der Waals surface area contributed by atoms with Crippen molar-refractivity contribution < 1.29 is 23.7 Å². The molecule has 0 atom stereocenters. The van der Waals surface area contributed by atoms with Crippen molar-refractivity contribution in [2.24, 2.45) is 0 Å². The molecule has 0 aliphatic rings. The normalized spacial score (nSPS) is 12.1. The molecule has 1 aromatic heterocycles. The van der Waals surface area contributed by atoms with E-state index in [2.05, 4.69) is 0 Å². The number of hydrogen-bond donors (Lipinski definition) is 1. The fraction of sp³-hybridized carbons (Fsp3) is 0.350. The summed E-state index contributed by atoms with van der Waals surface area (Å²) in [4.78, 5) is 12.6. The molecule has 0 bridgehead atoms. The molecule has 0 amide bonds. The maximum atomic E-state index is 12.6.